The van der Waals surface area contributed by atoms with Crippen LogP contribution < -0.4 is 0 Å². The third kappa shape index (κ3) is 4.58. The van der Waals surface area contributed by atoms with E-state index in [9.17, 15) is 9.90 Å². The summed E-state index contributed by atoms with van der Waals surface area (Å²) in [4.78, 5) is 11.4. The summed E-state index contributed by atoms with van der Waals surface area (Å²) in [5.41, 5.74) is 2.01. The van der Waals surface area contributed by atoms with E-state index in [-0.39, 0.29) is 11.7 Å². The zero-order chi connectivity index (χ0) is 15.1. The zero-order valence-corrected chi connectivity index (χ0v) is 11.9. The maximum Gasteiger partial charge on any atom is 0.336 e. The molecule has 0 amide bonds. The first-order chi connectivity index (χ1) is 10.2. The molecule has 0 radical (unpaired) electrons. The summed E-state index contributed by atoms with van der Waals surface area (Å²) in [5.74, 6) is -0.948. The van der Waals surface area contributed by atoms with Crippen LogP contribution in [-0.4, -0.2) is 17.2 Å². The van der Waals surface area contributed by atoms with Gasteiger partial charge >= 0.3 is 5.97 Å². The first kappa shape index (κ1) is 15.0. The summed E-state index contributed by atoms with van der Waals surface area (Å²) in [6.45, 7) is 2.30. The molecule has 3 nitrogen and oxygen atoms in total. The van der Waals surface area contributed by atoms with E-state index < -0.39 is 5.97 Å². The molecule has 2 aromatic rings. The predicted octanol–water partition coefficient (Wildman–Crippen LogP) is 3.76. The molecule has 0 aliphatic carbocycles. The van der Waals surface area contributed by atoms with Crippen LogP contribution in [0.3, 0.4) is 0 Å². The van der Waals surface area contributed by atoms with Gasteiger partial charge in [-0.05, 0) is 24.1 Å². The fourth-order valence-electron chi connectivity index (χ4n) is 1.99. The van der Waals surface area contributed by atoms with Crippen molar-refractivity contribution < 1.29 is 14.6 Å². The Morgan fingerprint density at radius 2 is 1.67 bits per heavy atom. The van der Waals surface area contributed by atoms with Crippen LogP contribution in [0.15, 0.2) is 66.7 Å². The highest BCUT2D eigenvalue weighted by molar-refractivity contribution is 6.15. The molecule has 0 aromatic heterocycles. The highest BCUT2D eigenvalue weighted by Gasteiger charge is 2.12. The van der Waals surface area contributed by atoms with Gasteiger partial charge in [0.05, 0.1) is 18.3 Å². The summed E-state index contributed by atoms with van der Waals surface area (Å²) in [7, 11) is 0. The van der Waals surface area contributed by atoms with Crippen molar-refractivity contribution in [2.24, 2.45) is 0 Å². The number of carboxylic acids is 1. The van der Waals surface area contributed by atoms with Crippen molar-refractivity contribution in [2.75, 3.05) is 0 Å². The number of carboxylic acid groups (broad SMARTS) is 1. The molecule has 0 aliphatic rings. The minimum Gasteiger partial charge on any atom is -0.478 e. The molecule has 0 aliphatic heterocycles. The summed E-state index contributed by atoms with van der Waals surface area (Å²) < 4.78 is 5.69. The minimum absolute atomic E-state index is 0.260. The van der Waals surface area contributed by atoms with Gasteiger partial charge in [-0.2, -0.15) is 0 Å². The number of hydrogen-bond donors (Lipinski definition) is 1. The van der Waals surface area contributed by atoms with Crippen LogP contribution >= 0.6 is 0 Å². The predicted molar refractivity (Wildman–Crippen MR) is 82.7 cm³/mol. The first-order valence-corrected chi connectivity index (χ1v) is 6.83. The molecule has 2 aromatic carbocycles. The number of aliphatic carboxylic acids is 1. The van der Waals surface area contributed by atoms with Crippen molar-refractivity contribution >= 4 is 11.5 Å². The van der Waals surface area contributed by atoms with Gasteiger partial charge in [0, 0.05) is 0 Å². The van der Waals surface area contributed by atoms with E-state index >= 15 is 0 Å². The highest BCUT2D eigenvalue weighted by Crippen LogP contribution is 2.16. The lowest BCUT2D eigenvalue weighted by Gasteiger charge is -2.11. The summed E-state index contributed by atoms with van der Waals surface area (Å²) in [6, 6.07) is 18.9. The minimum atomic E-state index is -0.948. The van der Waals surface area contributed by atoms with Crippen LogP contribution in [0.5, 0.6) is 0 Å². The smallest absolute Gasteiger partial charge is 0.336 e. The Bertz CT molecular complexity index is 603. The van der Waals surface area contributed by atoms with Gasteiger partial charge in [0.1, 0.15) is 0 Å². The topological polar surface area (TPSA) is 46.5 Å². The SMILES string of the molecule is CC(/C=C(/C(=O)O)c1ccccc1)OCc1ccccc1. The Labute approximate surface area is 124 Å². The molecule has 0 saturated carbocycles. The van der Waals surface area contributed by atoms with E-state index in [1.54, 1.807) is 18.2 Å². The second-order valence-electron chi connectivity index (χ2n) is 4.75. The molecule has 1 unspecified atom stereocenters. The molecule has 108 valence electrons. The Morgan fingerprint density at radius 3 is 2.24 bits per heavy atom. The second-order valence-corrected chi connectivity index (χ2v) is 4.75. The van der Waals surface area contributed by atoms with Crippen LogP contribution in [0.25, 0.3) is 5.57 Å². The van der Waals surface area contributed by atoms with E-state index in [1.807, 2.05) is 55.5 Å². The van der Waals surface area contributed by atoms with E-state index in [0.29, 0.717) is 12.2 Å². The summed E-state index contributed by atoms with van der Waals surface area (Å²) >= 11 is 0. The monoisotopic (exact) mass is 282 g/mol. The number of ether oxygens (including phenoxy) is 1. The van der Waals surface area contributed by atoms with E-state index in [2.05, 4.69) is 0 Å². The Balaban J connectivity index is 2.06. The lowest BCUT2D eigenvalue weighted by molar-refractivity contribution is -0.130. The van der Waals surface area contributed by atoms with E-state index in [0.717, 1.165) is 5.56 Å². The molecule has 1 atom stereocenters. The summed E-state index contributed by atoms with van der Waals surface area (Å²) in [6.07, 6.45) is 1.36. The number of rotatable bonds is 6. The molecule has 3 heteroatoms. The summed E-state index contributed by atoms with van der Waals surface area (Å²) in [5, 5.41) is 9.34. The van der Waals surface area contributed by atoms with E-state index in [4.69, 9.17) is 4.74 Å². The van der Waals surface area contributed by atoms with Crippen molar-refractivity contribution in [2.45, 2.75) is 19.6 Å². The van der Waals surface area contributed by atoms with Crippen LogP contribution in [0.1, 0.15) is 18.1 Å². The number of benzene rings is 2. The Morgan fingerprint density at radius 1 is 1.10 bits per heavy atom. The zero-order valence-electron chi connectivity index (χ0n) is 11.9. The normalized spacial score (nSPS) is 12.9. The molecular weight excluding hydrogens is 264 g/mol. The van der Waals surface area contributed by atoms with Crippen LogP contribution in [0.2, 0.25) is 0 Å². The lowest BCUT2D eigenvalue weighted by atomic mass is 10.0. The third-order valence-corrected chi connectivity index (χ3v) is 3.07. The van der Waals surface area contributed by atoms with Gasteiger partial charge in [-0.15, -0.1) is 0 Å². The lowest BCUT2D eigenvalue weighted by Crippen LogP contribution is -2.09. The molecule has 21 heavy (non-hydrogen) atoms. The standard InChI is InChI=1S/C18H18O3/c1-14(21-13-15-8-4-2-5-9-15)12-17(18(19)20)16-10-6-3-7-11-16/h2-12,14H,13H2,1H3,(H,19,20)/b17-12+. The van der Waals surface area contributed by atoms with Gasteiger partial charge in [-0.3, -0.25) is 0 Å². The van der Waals surface area contributed by atoms with Gasteiger partial charge in [0.2, 0.25) is 0 Å². The second kappa shape index (κ2) is 7.41. The molecule has 0 heterocycles. The number of carbonyl (C=O) groups is 1. The molecule has 1 N–H and O–H groups in total. The fourth-order valence-corrected chi connectivity index (χ4v) is 1.99. The largest absolute Gasteiger partial charge is 0.478 e. The Kier molecular flexibility index (Phi) is 5.29. The van der Waals surface area contributed by atoms with Crippen molar-refractivity contribution in [3.05, 3.63) is 77.9 Å². The number of hydrogen-bond acceptors (Lipinski definition) is 2. The fraction of sp³-hybridized carbons (Fsp3) is 0.167. The Hall–Kier alpha value is -2.39. The molecule has 0 spiro atoms. The van der Waals surface area contributed by atoms with Crippen molar-refractivity contribution in [3.8, 4) is 0 Å². The van der Waals surface area contributed by atoms with Gasteiger partial charge in [0.25, 0.3) is 0 Å². The van der Waals surface area contributed by atoms with Gasteiger partial charge in [0.15, 0.2) is 0 Å². The van der Waals surface area contributed by atoms with Crippen molar-refractivity contribution in [1.82, 2.24) is 0 Å². The van der Waals surface area contributed by atoms with Gasteiger partial charge in [-0.1, -0.05) is 60.7 Å². The van der Waals surface area contributed by atoms with Crippen LogP contribution in [0, 0.1) is 0 Å². The molecule has 0 bridgehead atoms. The van der Waals surface area contributed by atoms with Crippen LogP contribution in [0.4, 0.5) is 0 Å². The van der Waals surface area contributed by atoms with Crippen molar-refractivity contribution in [1.29, 1.82) is 0 Å². The first-order valence-electron chi connectivity index (χ1n) is 6.83. The van der Waals surface area contributed by atoms with Crippen LogP contribution in [-0.2, 0) is 16.1 Å². The van der Waals surface area contributed by atoms with Gasteiger partial charge < -0.3 is 9.84 Å². The molecule has 0 fully saturated rings. The molecule has 2 rings (SSSR count). The quantitative estimate of drug-likeness (QED) is 0.821. The molecular formula is C18H18O3. The maximum atomic E-state index is 11.4. The highest BCUT2D eigenvalue weighted by atomic mass is 16.5. The van der Waals surface area contributed by atoms with E-state index in [1.165, 1.54) is 0 Å². The maximum absolute atomic E-state index is 11.4. The average Bonchev–Trinajstić information content (AvgIpc) is 2.52. The van der Waals surface area contributed by atoms with Crippen molar-refractivity contribution in [3.63, 3.8) is 0 Å². The third-order valence-electron chi connectivity index (χ3n) is 3.07. The molecule has 0 saturated heterocycles. The average molecular weight is 282 g/mol. The van der Waals surface area contributed by atoms with Gasteiger partial charge in [-0.25, -0.2) is 4.79 Å².